The molecular weight excluding hydrogens is 240 g/mol. The predicted molar refractivity (Wildman–Crippen MR) is 63.4 cm³/mol. The summed E-state index contributed by atoms with van der Waals surface area (Å²) in [5.41, 5.74) is -1.31. The van der Waals surface area contributed by atoms with Crippen molar-refractivity contribution in [1.29, 1.82) is 0 Å². The molecule has 1 aliphatic carbocycles. The van der Waals surface area contributed by atoms with E-state index in [-0.39, 0.29) is 31.1 Å². The number of hydrogen-bond acceptors (Lipinski definition) is 3. The normalized spacial score (nSPS) is 35.1. The zero-order valence-corrected chi connectivity index (χ0v) is 11.2. The van der Waals surface area contributed by atoms with Crippen molar-refractivity contribution in [2.75, 3.05) is 13.1 Å². The number of halogens is 2. The van der Waals surface area contributed by atoms with Gasteiger partial charge in [0, 0.05) is 19.4 Å². The molecule has 0 amide bonds. The molecule has 1 saturated carbocycles. The van der Waals surface area contributed by atoms with Gasteiger partial charge in [0.2, 0.25) is 5.92 Å². The third-order valence-electron chi connectivity index (χ3n) is 3.90. The van der Waals surface area contributed by atoms with Gasteiger partial charge in [-0.3, -0.25) is 4.79 Å². The van der Waals surface area contributed by atoms with Crippen molar-refractivity contribution in [2.45, 2.75) is 51.6 Å². The Balaban J connectivity index is 2.17. The summed E-state index contributed by atoms with van der Waals surface area (Å²) in [5.74, 6) is -3.26. The average molecular weight is 261 g/mol. The third-order valence-corrected chi connectivity index (χ3v) is 3.90. The molecule has 0 unspecified atom stereocenters. The first-order chi connectivity index (χ1) is 8.15. The Hall–Kier alpha value is -0.710. The number of hydrogen-bond donors (Lipinski definition) is 1. The maximum Gasteiger partial charge on any atom is 0.314 e. The minimum absolute atomic E-state index is 0.209. The van der Waals surface area contributed by atoms with E-state index in [1.54, 1.807) is 20.8 Å². The lowest BCUT2D eigenvalue weighted by molar-refractivity contribution is -0.177. The molecule has 0 bridgehead atoms. The molecule has 5 heteroatoms. The van der Waals surface area contributed by atoms with Gasteiger partial charge < -0.3 is 10.1 Å². The van der Waals surface area contributed by atoms with Crippen LogP contribution in [0.3, 0.4) is 0 Å². The Bertz CT molecular complexity index is 351. The van der Waals surface area contributed by atoms with E-state index in [4.69, 9.17) is 4.74 Å². The Morgan fingerprint density at radius 3 is 2.61 bits per heavy atom. The van der Waals surface area contributed by atoms with Gasteiger partial charge in [0.15, 0.2) is 0 Å². The van der Waals surface area contributed by atoms with Gasteiger partial charge in [0.05, 0.1) is 5.41 Å². The van der Waals surface area contributed by atoms with Crippen molar-refractivity contribution >= 4 is 5.97 Å². The Morgan fingerprint density at radius 1 is 1.33 bits per heavy atom. The second kappa shape index (κ2) is 4.15. The second-order valence-electron chi connectivity index (χ2n) is 6.55. The molecule has 1 N–H and O–H groups in total. The molecule has 1 saturated heterocycles. The fraction of sp³-hybridized carbons (Fsp3) is 0.923. The van der Waals surface area contributed by atoms with Crippen LogP contribution < -0.4 is 5.32 Å². The molecule has 2 aliphatic rings. The van der Waals surface area contributed by atoms with Gasteiger partial charge in [-0.1, -0.05) is 0 Å². The molecule has 0 aromatic heterocycles. The minimum atomic E-state index is -2.64. The molecule has 0 spiro atoms. The van der Waals surface area contributed by atoms with Crippen LogP contribution in [-0.2, 0) is 9.53 Å². The van der Waals surface area contributed by atoms with Crippen molar-refractivity contribution in [3.8, 4) is 0 Å². The van der Waals surface area contributed by atoms with Crippen molar-refractivity contribution in [3.05, 3.63) is 0 Å². The van der Waals surface area contributed by atoms with Gasteiger partial charge in [-0.15, -0.1) is 0 Å². The van der Waals surface area contributed by atoms with Crippen LogP contribution in [0.15, 0.2) is 0 Å². The summed E-state index contributed by atoms with van der Waals surface area (Å²) in [5, 5.41) is 3.08. The molecule has 104 valence electrons. The monoisotopic (exact) mass is 261 g/mol. The van der Waals surface area contributed by atoms with E-state index in [0.29, 0.717) is 13.1 Å². The standard InChI is InChI=1S/C13H21F2NO2/c1-11(2,3)18-10(17)12-4-5-13(14,15)6-9(12)7-16-8-12/h9,16H,4-8H2,1-3H3/t9-,12-/m1/s1. The molecule has 18 heavy (non-hydrogen) atoms. The van der Waals surface area contributed by atoms with Gasteiger partial charge >= 0.3 is 5.97 Å². The summed E-state index contributed by atoms with van der Waals surface area (Å²) in [6.45, 7) is 6.35. The van der Waals surface area contributed by atoms with E-state index in [9.17, 15) is 13.6 Å². The van der Waals surface area contributed by atoms with Crippen LogP contribution in [0.4, 0.5) is 8.78 Å². The van der Waals surface area contributed by atoms with Crippen LogP contribution in [0.1, 0.15) is 40.0 Å². The number of nitrogens with one attached hydrogen (secondary N) is 1. The largest absolute Gasteiger partial charge is 0.459 e. The maximum absolute atomic E-state index is 13.4. The van der Waals surface area contributed by atoms with E-state index >= 15 is 0 Å². The van der Waals surface area contributed by atoms with Crippen molar-refractivity contribution in [3.63, 3.8) is 0 Å². The highest BCUT2D eigenvalue weighted by Crippen LogP contribution is 2.50. The molecule has 2 rings (SSSR count). The summed E-state index contributed by atoms with van der Waals surface area (Å²) >= 11 is 0. The minimum Gasteiger partial charge on any atom is -0.459 e. The van der Waals surface area contributed by atoms with E-state index in [1.807, 2.05) is 0 Å². The molecule has 1 heterocycles. The fourth-order valence-electron chi connectivity index (χ4n) is 2.96. The lowest BCUT2D eigenvalue weighted by Crippen LogP contribution is -2.48. The first kappa shape index (κ1) is 13.7. The van der Waals surface area contributed by atoms with Crippen LogP contribution in [0.5, 0.6) is 0 Å². The summed E-state index contributed by atoms with van der Waals surface area (Å²) in [6.07, 6.45) is -0.212. The first-order valence-electron chi connectivity index (χ1n) is 6.47. The van der Waals surface area contributed by atoms with Gasteiger partial charge in [-0.05, 0) is 39.7 Å². The zero-order chi connectivity index (χ0) is 13.6. The number of alkyl halides is 2. The van der Waals surface area contributed by atoms with Crippen LogP contribution in [0, 0.1) is 11.3 Å². The number of rotatable bonds is 1. The van der Waals surface area contributed by atoms with Crippen molar-refractivity contribution in [2.24, 2.45) is 11.3 Å². The molecule has 3 nitrogen and oxygen atoms in total. The van der Waals surface area contributed by atoms with Gasteiger partial charge in [-0.2, -0.15) is 0 Å². The molecule has 2 atom stereocenters. The van der Waals surface area contributed by atoms with Crippen LogP contribution in [0.25, 0.3) is 0 Å². The first-order valence-corrected chi connectivity index (χ1v) is 6.47. The SMILES string of the molecule is CC(C)(C)OC(=O)[C@@]12CCC(F)(F)C[C@@H]1CNC2. The predicted octanol–water partition coefficient (Wildman–Crippen LogP) is 2.35. The van der Waals surface area contributed by atoms with Gasteiger partial charge in [-0.25, -0.2) is 8.78 Å². The molecule has 2 fully saturated rings. The quantitative estimate of drug-likeness (QED) is 0.736. The van der Waals surface area contributed by atoms with E-state index in [0.717, 1.165) is 0 Å². The number of carbonyl (C=O) groups excluding carboxylic acids is 1. The summed E-state index contributed by atoms with van der Waals surface area (Å²) in [7, 11) is 0. The smallest absolute Gasteiger partial charge is 0.314 e. The van der Waals surface area contributed by atoms with E-state index in [2.05, 4.69) is 5.32 Å². The Kier molecular flexibility index (Phi) is 3.16. The molecule has 1 aliphatic heterocycles. The lowest BCUT2D eigenvalue weighted by Gasteiger charge is -2.41. The lowest BCUT2D eigenvalue weighted by atomic mass is 9.67. The third kappa shape index (κ3) is 2.51. The number of carbonyl (C=O) groups is 1. The van der Waals surface area contributed by atoms with Crippen molar-refractivity contribution in [1.82, 2.24) is 5.32 Å². The molecule has 0 aromatic rings. The van der Waals surface area contributed by atoms with Crippen LogP contribution in [-0.4, -0.2) is 30.6 Å². The molecule has 0 radical (unpaired) electrons. The fourth-order valence-corrected chi connectivity index (χ4v) is 2.96. The molecular formula is C13H21F2NO2. The van der Waals surface area contributed by atoms with Crippen LogP contribution in [0.2, 0.25) is 0 Å². The van der Waals surface area contributed by atoms with Gasteiger partial charge in [0.1, 0.15) is 5.60 Å². The molecule has 0 aromatic carbocycles. The highest BCUT2D eigenvalue weighted by molar-refractivity contribution is 5.78. The average Bonchev–Trinajstić information content (AvgIpc) is 2.57. The summed E-state index contributed by atoms with van der Waals surface area (Å²) in [6, 6.07) is 0. The van der Waals surface area contributed by atoms with Gasteiger partial charge in [0.25, 0.3) is 0 Å². The Morgan fingerprint density at radius 2 is 2.00 bits per heavy atom. The van der Waals surface area contributed by atoms with E-state index in [1.165, 1.54) is 0 Å². The topological polar surface area (TPSA) is 38.3 Å². The summed E-state index contributed by atoms with van der Waals surface area (Å²) in [4.78, 5) is 12.3. The Labute approximate surface area is 106 Å². The zero-order valence-electron chi connectivity index (χ0n) is 11.2. The summed E-state index contributed by atoms with van der Waals surface area (Å²) < 4.78 is 32.3. The highest BCUT2D eigenvalue weighted by Gasteiger charge is 2.57. The highest BCUT2D eigenvalue weighted by atomic mass is 19.3. The number of fused-ring (bicyclic) bond motifs is 1. The number of esters is 1. The number of ether oxygens (including phenoxy) is 1. The van der Waals surface area contributed by atoms with E-state index < -0.39 is 16.9 Å². The second-order valence-corrected chi connectivity index (χ2v) is 6.55. The maximum atomic E-state index is 13.4. The van der Waals surface area contributed by atoms with Crippen LogP contribution >= 0.6 is 0 Å². The van der Waals surface area contributed by atoms with Crippen molar-refractivity contribution < 1.29 is 18.3 Å².